The molecule has 1 aliphatic heterocycles. The van der Waals surface area contributed by atoms with Crippen LogP contribution in [0.15, 0.2) is 36.9 Å². The predicted octanol–water partition coefficient (Wildman–Crippen LogP) is 1.20. The molecule has 0 aliphatic carbocycles. The van der Waals surface area contributed by atoms with Gasteiger partial charge in [-0.2, -0.15) is 0 Å². The van der Waals surface area contributed by atoms with E-state index in [9.17, 15) is 27.6 Å². The highest BCUT2D eigenvalue weighted by atomic mass is 32.2. The van der Waals surface area contributed by atoms with Gasteiger partial charge in [0.25, 0.3) is 0 Å². The molecule has 12 heteroatoms. The van der Waals surface area contributed by atoms with Gasteiger partial charge in [-0.3, -0.25) is 19.2 Å². The number of benzene rings is 1. The lowest BCUT2D eigenvalue weighted by atomic mass is 9.99. The quantitative estimate of drug-likeness (QED) is 0.347. The molecule has 0 spiro atoms. The molecule has 1 heterocycles. The van der Waals surface area contributed by atoms with Crippen molar-refractivity contribution in [3.05, 3.63) is 42.5 Å². The van der Waals surface area contributed by atoms with E-state index in [-0.39, 0.29) is 5.57 Å². The Kier molecular flexibility index (Phi) is 9.55. The van der Waals surface area contributed by atoms with Crippen molar-refractivity contribution < 1.29 is 51.3 Å². The summed E-state index contributed by atoms with van der Waals surface area (Å²) in [5, 5.41) is 0. The van der Waals surface area contributed by atoms with Gasteiger partial charge in [0, 0.05) is 27.7 Å². The van der Waals surface area contributed by atoms with Gasteiger partial charge in [-0.1, -0.05) is 36.9 Å². The van der Waals surface area contributed by atoms with Crippen molar-refractivity contribution >= 4 is 39.3 Å². The standard InChI is InChI=1S/C23H28O11S/c1-13(18-9-7-6-8-10-18)12-35(28,29)23-22(33-17(5)27)21(32-16(4)26)20(31-15(3)25)19(34-23)11-30-14(2)24/h6-10,19-23H,1,11-12H2,2-5H3. The Morgan fingerprint density at radius 1 is 0.829 bits per heavy atom. The minimum atomic E-state index is -4.29. The van der Waals surface area contributed by atoms with Crippen LogP contribution in [0.1, 0.15) is 33.3 Å². The van der Waals surface area contributed by atoms with Gasteiger partial charge < -0.3 is 23.7 Å². The zero-order chi connectivity index (χ0) is 26.3. The highest BCUT2D eigenvalue weighted by molar-refractivity contribution is 7.92. The van der Waals surface area contributed by atoms with E-state index in [4.69, 9.17) is 23.7 Å². The van der Waals surface area contributed by atoms with Gasteiger partial charge in [-0.25, -0.2) is 8.42 Å². The van der Waals surface area contributed by atoms with Gasteiger partial charge in [0.1, 0.15) is 12.7 Å². The molecule has 1 saturated heterocycles. The van der Waals surface area contributed by atoms with Crippen LogP contribution in [-0.2, 0) is 52.7 Å². The summed E-state index contributed by atoms with van der Waals surface area (Å²) in [5.41, 5.74) is -1.07. The van der Waals surface area contributed by atoms with Crippen molar-refractivity contribution in [1.82, 2.24) is 0 Å². The summed E-state index contributed by atoms with van der Waals surface area (Å²) >= 11 is 0. The number of sulfone groups is 1. The lowest BCUT2D eigenvalue weighted by molar-refractivity contribution is -0.238. The van der Waals surface area contributed by atoms with Crippen molar-refractivity contribution in [1.29, 1.82) is 0 Å². The van der Waals surface area contributed by atoms with Crippen molar-refractivity contribution in [3.8, 4) is 0 Å². The number of hydrogen-bond acceptors (Lipinski definition) is 11. The Hall–Kier alpha value is -3.25. The second-order valence-electron chi connectivity index (χ2n) is 7.84. The van der Waals surface area contributed by atoms with Crippen LogP contribution in [-0.4, -0.2) is 74.5 Å². The minimum Gasteiger partial charge on any atom is -0.463 e. The highest BCUT2D eigenvalue weighted by Gasteiger charge is 2.56. The van der Waals surface area contributed by atoms with E-state index >= 15 is 0 Å². The molecule has 192 valence electrons. The smallest absolute Gasteiger partial charge is 0.303 e. The lowest BCUT2D eigenvalue weighted by Gasteiger charge is -2.44. The Balaban J connectivity index is 2.53. The molecule has 35 heavy (non-hydrogen) atoms. The Labute approximate surface area is 203 Å². The third-order valence-electron chi connectivity index (χ3n) is 4.86. The molecule has 5 unspecified atom stereocenters. The largest absolute Gasteiger partial charge is 0.463 e. The fraction of sp³-hybridized carbons (Fsp3) is 0.478. The van der Waals surface area contributed by atoms with E-state index in [1.165, 1.54) is 0 Å². The second kappa shape index (κ2) is 11.9. The third-order valence-corrected chi connectivity index (χ3v) is 6.70. The van der Waals surface area contributed by atoms with Gasteiger partial charge in [-0.05, 0) is 11.1 Å². The topological polar surface area (TPSA) is 149 Å². The van der Waals surface area contributed by atoms with Crippen LogP contribution in [0.2, 0.25) is 0 Å². The molecule has 0 aromatic heterocycles. The van der Waals surface area contributed by atoms with Crippen LogP contribution in [0.5, 0.6) is 0 Å². The molecule has 0 amide bonds. The SMILES string of the molecule is C=C(CS(=O)(=O)C1OC(COC(C)=O)C(OC(C)=O)C(OC(C)=O)C1OC(C)=O)c1ccccc1. The average molecular weight is 513 g/mol. The van der Waals surface area contributed by atoms with E-state index in [2.05, 4.69) is 6.58 Å². The van der Waals surface area contributed by atoms with E-state index in [0.29, 0.717) is 5.56 Å². The van der Waals surface area contributed by atoms with Crippen molar-refractivity contribution in [3.63, 3.8) is 0 Å². The summed E-state index contributed by atoms with van der Waals surface area (Å²) in [7, 11) is -4.29. The normalized spacial score (nSPS) is 24.1. The van der Waals surface area contributed by atoms with Crippen LogP contribution in [0, 0.1) is 0 Å². The fourth-order valence-corrected chi connectivity index (χ4v) is 5.31. The predicted molar refractivity (Wildman–Crippen MR) is 121 cm³/mol. The van der Waals surface area contributed by atoms with Crippen LogP contribution in [0.3, 0.4) is 0 Å². The molecule has 1 aliphatic rings. The van der Waals surface area contributed by atoms with Gasteiger partial charge in [0.05, 0.1) is 5.75 Å². The molecule has 2 rings (SSSR count). The monoisotopic (exact) mass is 512 g/mol. The summed E-state index contributed by atoms with van der Waals surface area (Å²) in [6, 6.07) is 8.52. The number of rotatable bonds is 9. The number of hydrogen-bond donors (Lipinski definition) is 0. The zero-order valence-electron chi connectivity index (χ0n) is 19.8. The maximum Gasteiger partial charge on any atom is 0.303 e. The Bertz CT molecular complexity index is 1060. The van der Waals surface area contributed by atoms with Gasteiger partial charge in [0.15, 0.2) is 33.6 Å². The summed E-state index contributed by atoms with van der Waals surface area (Å²) in [5.74, 6) is -3.87. The maximum atomic E-state index is 13.5. The first-order valence-electron chi connectivity index (χ1n) is 10.6. The van der Waals surface area contributed by atoms with Gasteiger partial charge in [-0.15, -0.1) is 0 Å². The second-order valence-corrected chi connectivity index (χ2v) is 9.92. The molecule has 1 aromatic carbocycles. The zero-order valence-corrected chi connectivity index (χ0v) is 20.6. The third kappa shape index (κ3) is 7.89. The Morgan fingerprint density at radius 2 is 1.34 bits per heavy atom. The first-order valence-corrected chi connectivity index (χ1v) is 12.3. The van der Waals surface area contributed by atoms with E-state index in [1.54, 1.807) is 30.3 Å². The molecule has 1 aromatic rings. The number of carbonyl (C=O) groups excluding carboxylic acids is 4. The molecule has 0 radical (unpaired) electrons. The average Bonchev–Trinajstić information content (AvgIpc) is 2.74. The lowest BCUT2D eigenvalue weighted by Crippen LogP contribution is -2.64. The first-order chi connectivity index (χ1) is 16.3. The van der Waals surface area contributed by atoms with Crippen LogP contribution >= 0.6 is 0 Å². The molecular formula is C23H28O11S. The van der Waals surface area contributed by atoms with Gasteiger partial charge >= 0.3 is 23.9 Å². The first kappa shape index (κ1) is 28.0. The Morgan fingerprint density at radius 3 is 1.86 bits per heavy atom. The molecule has 11 nitrogen and oxygen atoms in total. The number of ether oxygens (including phenoxy) is 5. The van der Waals surface area contributed by atoms with E-state index < -0.39 is 75.9 Å². The van der Waals surface area contributed by atoms with Crippen molar-refractivity contribution in [2.45, 2.75) is 57.5 Å². The van der Waals surface area contributed by atoms with Crippen LogP contribution in [0.4, 0.5) is 0 Å². The highest BCUT2D eigenvalue weighted by Crippen LogP contribution is 2.33. The minimum absolute atomic E-state index is 0.235. The van der Waals surface area contributed by atoms with Gasteiger partial charge in [0.2, 0.25) is 0 Å². The number of carbonyl (C=O) groups is 4. The fourth-order valence-electron chi connectivity index (χ4n) is 3.56. The molecule has 0 bridgehead atoms. The summed E-state index contributed by atoms with van der Waals surface area (Å²) in [6.45, 7) is 7.57. The van der Waals surface area contributed by atoms with Crippen LogP contribution < -0.4 is 0 Å². The molecule has 0 saturated carbocycles. The van der Waals surface area contributed by atoms with E-state index in [0.717, 1.165) is 27.7 Å². The molecular weight excluding hydrogens is 484 g/mol. The van der Waals surface area contributed by atoms with Crippen LogP contribution in [0.25, 0.3) is 5.57 Å². The van der Waals surface area contributed by atoms with E-state index in [1.807, 2.05) is 0 Å². The maximum absolute atomic E-state index is 13.5. The molecule has 5 atom stereocenters. The molecule has 0 N–H and O–H groups in total. The summed E-state index contributed by atoms with van der Waals surface area (Å²) in [6.07, 6.45) is -6.06. The molecule has 1 fully saturated rings. The summed E-state index contributed by atoms with van der Waals surface area (Å²) < 4.78 is 53.4. The number of esters is 4. The van der Waals surface area contributed by atoms with Crippen molar-refractivity contribution in [2.24, 2.45) is 0 Å². The summed E-state index contributed by atoms with van der Waals surface area (Å²) in [4.78, 5) is 46.9. The van der Waals surface area contributed by atoms with Crippen molar-refractivity contribution in [2.75, 3.05) is 12.4 Å².